The molecule has 5 heteroatoms. The maximum Gasteiger partial charge on any atom is 0.305 e. The number of furan rings is 1. The molecule has 0 saturated carbocycles. The third-order valence-electron chi connectivity index (χ3n) is 2.83. The summed E-state index contributed by atoms with van der Waals surface area (Å²) in [4.78, 5) is 22.8. The van der Waals surface area contributed by atoms with Crippen molar-refractivity contribution in [3.05, 3.63) is 22.6 Å². The second-order valence-electron chi connectivity index (χ2n) is 5.12. The van der Waals surface area contributed by atoms with Crippen LogP contribution in [0.2, 0.25) is 0 Å². The third-order valence-corrected chi connectivity index (χ3v) is 2.83. The average molecular weight is 253 g/mol. The maximum atomic E-state index is 12.1. The molecule has 18 heavy (non-hydrogen) atoms. The second-order valence-corrected chi connectivity index (χ2v) is 5.12. The van der Waals surface area contributed by atoms with E-state index in [4.69, 9.17) is 9.52 Å². The molecule has 0 saturated heterocycles. The summed E-state index contributed by atoms with van der Waals surface area (Å²) in [5.41, 5.74) is 0.481. The van der Waals surface area contributed by atoms with Crippen LogP contribution >= 0.6 is 0 Å². The van der Waals surface area contributed by atoms with Crippen molar-refractivity contribution in [2.24, 2.45) is 0 Å². The molecule has 0 aliphatic rings. The van der Waals surface area contributed by atoms with Crippen LogP contribution in [0, 0.1) is 20.8 Å². The van der Waals surface area contributed by atoms with E-state index in [1.54, 1.807) is 27.7 Å². The molecule has 1 aromatic rings. The number of hydrogen-bond acceptors (Lipinski definition) is 3. The molecule has 0 fully saturated rings. The minimum Gasteiger partial charge on any atom is -0.481 e. The molecule has 0 aliphatic carbocycles. The highest BCUT2D eigenvalue weighted by molar-refractivity contribution is 5.97. The Morgan fingerprint density at radius 3 is 2.17 bits per heavy atom. The Balaban J connectivity index is 2.92. The zero-order valence-corrected chi connectivity index (χ0v) is 11.4. The minimum atomic E-state index is -0.947. The number of aryl methyl sites for hydroxylation is 2. The summed E-state index contributed by atoms with van der Waals surface area (Å²) in [5, 5.41) is 11.5. The molecule has 2 N–H and O–H groups in total. The molecule has 0 aromatic carbocycles. The van der Waals surface area contributed by atoms with Crippen molar-refractivity contribution in [1.82, 2.24) is 5.32 Å². The van der Waals surface area contributed by atoms with E-state index < -0.39 is 11.5 Å². The molecular formula is C13H19NO4. The van der Waals surface area contributed by atoms with Gasteiger partial charge in [0.1, 0.15) is 11.5 Å². The number of amides is 1. The van der Waals surface area contributed by atoms with Crippen molar-refractivity contribution < 1.29 is 19.1 Å². The lowest BCUT2D eigenvalue weighted by atomic mass is 9.99. The van der Waals surface area contributed by atoms with Crippen LogP contribution in [-0.2, 0) is 4.79 Å². The molecule has 1 amide bonds. The van der Waals surface area contributed by atoms with Crippen molar-refractivity contribution in [2.45, 2.75) is 46.6 Å². The lowest BCUT2D eigenvalue weighted by molar-refractivity contribution is -0.138. The predicted octanol–water partition coefficient (Wildman–Crippen LogP) is 2.19. The van der Waals surface area contributed by atoms with E-state index in [1.807, 2.05) is 6.92 Å². The first-order chi connectivity index (χ1) is 8.14. The van der Waals surface area contributed by atoms with E-state index >= 15 is 0 Å². The molecule has 0 aliphatic heterocycles. The van der Waals surface area contributed by atoms with Crippen molar-refractivity contribution >= 4 is 11.9 Å². The quantitative estimate of drug-likeness (QED) is 0.862. The van der Waals surface area contributed by atoms with Gasteiger partial charge in [0.2, 0.25) is 0 Å². The number of carbonyl (C=O) groups is 2. The van der Waals surface area contributed by atoms with Crippen molar-refractivity contribution in [1.29, 1.82) is 0 Å². The van der Waals surface area contributed by atoms with Gasteiger partial charge in [-0.3, -0.25) is 9.59 Å². The number of hydrogen-bond donors (Lipinski definition) is 2. The van der Waals surface area contributed by atoms with Gasteiger partial charge in [0, 0.05) is 11.1 Å². The standard InChI is InChI=1S/C13H19NO4/c1-7-8(2)18-9(3)11(7)12(17)14-13(4,5)6-10(15)16/h6H2,1-5H3,(H,14,17)(H,15,16). The van der Waals surface area contributed by atoms with Crippen LogP contribution in [0.25, 0.3) is 0 Å². The summed E-state index contributed by atoms with van der Waals surface area (Å²) in [6, 6.07) is 0. The van der Waals surface area contributed by atoms with Crippen LogP contribution in [-0.4, -0.2) is 22.5 Å². The number of carbonyl (C=O) groups excluding carboxylic acids is 1. The second kappa shape index (κ2) is 4.84. The number of rotatable bonds is 4. The van der Waals surface area contributed by atoms with E-state index in [0.29, 0.717) is 17.1 Å². The number of aliphatic carboxylic acids is 1. The lowest BCUT2D eigenvalue weighted by Crippen LogP contribution is -2.45. The smallest absolute Gasteiger partial charge is 0.305 e. The Hall–Kier alpha value is -1.78. The van der Waals surface area contributed by atoms with Crippen molar-refractivity contribution in [2.75, 3.05) is 0 Å². The Kier molecular flexibility index (Phi) is 3.84. The minimum absolute atomic E-state index is 0.131. The Morgan fingerprint density at radius 1 is 1.22 bits per heavy atom. The fourth-order valence-corrected chi connectivity index (χ4v) is 1.92. The fourth-order valence-electron chi connectivity index (χ4n) is 1.92. The summed E-state index contributed by atoms with van der Waals surface area (Å²) in [5.74, 6) is 0.00698. The van der Waals surface area contributed by atoms with Crippen LogP contribution in [0.1, 0.15) is 47.7 Å². The van der Waals surface area contributed by atoms with Crippen molar-refractivity contribution in [3.8, 4) is 0 Å². The Bertz CT molecular complexity index is 485. The van der Waals surface area contributed by atoms with Gasteiger partial charge in [-0.1, -0.05) is 0 Å². The lowest BCUT2D eigenvalue weighted by Gasteiger charge is -2.24. The zero-order valence-electron chi connectivity index (χ0n) is 11.4. The van der Waals surface area contributed by atoms with E-state index in [2.05, 4.69) is 5.32 Å². The van der Waals surface area contributed by atoms with Gasteiger partial charge in [-0.25, -0.2) is 0 Å². The van der Waals surface area contributed by atoms with Crippen LogP contribution in [0.3, 0.4) is 0 Å². The average Bonchev–Trinajstić information content (AvgIpc) is 2.37. The Labute approximate surface area is 106 Å². The van der Waals surface area contributed by atoms with Crippen molar-refractivity contribution in [3.63, 3.8) is 0 Å². The van der Waals surface area contributed by atoms with Gasteiger partial charge in [-0.05, 0) is 34.6 Å². The normalized spacial score (nSPS) is 11.4. The van der Waals surface area contributed by atoms with Gasteiger partial charge >= 0.3 is 5.97 Å². The first-order valence-electron chi connectivity index (χ1n) is 5.75. The van der Waals surface area contributed by atoms with Gasteiger partial charge < -0.3 is 14.8 Å². The first kappa shape index (κ1) is 14.3. The Morgan fingerprint density at radius 2 is 1.78 bits per heavy atom. The molecule has 0 bridgehead atoms. The van der Waals surface area contributed by atoms with Gasteiger partial charge in [-0.15, -0.1) is 0 Å². The maximum absolute atomic E-state index is 12.1. The molecule has 0 unspecified atom stereocenters. The molecule has 0 radical (unpaired) electrons. The largest absolute Gasteiger partial charge is 0.481 e. The van der Waals surface area contributed by atoms with E-state index in [1.165, 1.54) is 0 Å². The first-order valence-corrected chi connectivity index (χ1v) is 5.75. The predicted molar refractivity (Wildman–Crippen MR) is 66.7 cm³/mol. The molecule has 1 aromatic heterocycles. The highest BCUT2D eigenvalue weighted by Gasteiger charge is 2.27. The summed E-state index contributed by atoms with van der Waals surface area (Å²) in [6.07, 6.45) is -0.131. The van der Waals surface area contributed by atoms with Crippen LogP contribution < -0.4 is 5.32 Å². The SMILES string of the molecule is Cc1oc(C)c(C(=O)NC(C)(C)CC(=O)O)c1C. The molecule has 1 heterocycles. The summed E-state index contributed by atoms with van der Waals surface area (Å²) < 4.78 is 5.38. The molecule has 0 atom stereocenters. The van der Waals surface area contributed by atoms with Gasteiger partial charge in [0.05, 0.1) is 12.0 Å². The van der Waals surface area contributed by atoms with Gasteiger partial charge in [-0.2, -0.15) is 0 Å². The number of carboxylic acid groups (broad SMARTS) is 1. The molecule has 5 nitrogen and oxygen atoms in total. The molecule has 1 rings (SSSR count). The van der Waals surface area contributed by atoms with Gasteiger partial charge in [0.15, 0.2) is 0 Å². The number of carboxylic acids is 1. The highest BCUT2D eigenvalue weighted by atomic mass is 16.4. The van der Waals surface area contributed by atoms with E-state index in [9.17, 15) is 9.59 Å². The fraction of sp³-hybridized carbons (Fsp3) is 0.538. The summed E-state index contributed by atoms with van der Waals surface area (Å²) in [7, 11) is 0. The molecule has 100 valence electrons. The summed E-state index contributed by atoms with van der Waals surface area (Å²) in [6.45, 7) is 8.68. The monoisotopic (exact) mass is 253 g/mol. The van der Waals surface area contributed by atoms with Crippen LogP contribution in [0.15, 0.2) is 4.42 Å². The van der Waals surface area contributed by atoms with E-state index in [-0.39, 0.29) is 12.3 Å². The molecular weight excluding hydrogens is 234 g/mol. The topological polar surface area (TPSA) is 79.5 Å². The van der Waals surface area contributed by atoms with Gasteiger partial charge in [0.25, 0.3) is 5.91 Å². The zero-order chi connectivity index (χ0) is 14.1. The van der Waals surface area contributed by atoms with Crippen LogP contribution in [0.4, 0.5) is 0 Å². The highest BCUT2D eigenvalue weighted by Crippen LogP contribution is 2.21. The summed E-state index contributed by atoms with van der Waals surface area (Å²) >= 11 is 0. The third kappa shape index (κ3) is 3.12. The number of nitrogens with one attached hydrogen (secondary N) is 1. The van der Waals surface area contributed by atoms with Crippen LogP contribution in [0.5, 0.6) is 0 Å². The van der Waals surface area contributed by atoms with E-state index in [0.717, 1.165) is 5.56 Å². The molecule has 0 spiro atoms.